The molecule has 0 aliphatic heterocycles. The van der Waals surface area contributed by atoms with E-state index in [0.717, 1.165) is 5.56 Å². The fourth-order valence-electron chi connectivity index (χ4n) is 0.981. The Morgan fingerprint density at radius 1 is 1.29 bits per heavy atom. The molecule has 1 rings (SSSR count). The molecule has 0 aromatic heterocycles. The van der Waals surface area contributed by atoms with Crippen molar-refractivity contribution < 1.29 is 17.2 Å². The Balaban J connectivity index is 0.00000169. The topological polar surface area (TPSA) is 17.1 Å². The van der Waals surface area contributed by atoms with E-state index < -0.39 is 0 Å². The molecule has 0 saturated carbocycles. The maximum absolute atomic E-state index is 11.5. The number of hydrogen-bond acceptors (Lipinski definition) is 1. The van der Waals surface area contributed by atoms with Gasteiger partial charge in [-0.05, 0) is 35.2 Å². The summed E-state index contributed by atoms with van der Waals surface area (Å²) in [4.78, 5) is 11.5. The number of rotatable bonds is 3. The number of carbonyl (C=O) groups is 1. The first-order valence-corrected chi connectivity index (χ1v) is 6.51. The maximum atomic E-state index is 11.5. The van der Waals surface area contributed by atoms with Gasteiger partial charge in [-0.1, -0.05) is 11.6 Å². The van der Waals surface area contributed by atoms with Crippen LogP contribution in [-0.2, 0) is 10.9 Å². The Labute approximate surface area is 98.6 Å². The predicted molar refractivity (Wildman–Crippen MR) is 59.9 cm³/mol. The molecule has 1 nitrogen and oxygen atoms in total. The average molecular weight is 251 g/mol. The highest BCUT2D eigenvalue weighted by Crippen LogP contribution is 2.10. The lowest BCUT2D eigenvalue weighted by Gasteiger charge is -1.98. The molecular formula is C10H12Cl2OS. The van der Waals surface area contributed by atoms with E-state index in [1.807, 2.05) is 0 Å². The van der Waals surface area contributed by atoms with Crippen LogP contribution in [0.1, 0.15) is 10.4 Å². The fraction of sp³-hybridized carbons (Fsp3) is 0.300. The molecule has 1 aromatic carbocycles. The van der Waals surface area contributed by atoms with Crippen molar-refractivity contribution in [1.82, 2.24) is 0 Å². The van der Waals surface area contributed by atoms with E-state index in [0.29, 0.717) is 10.8 Å². The Bertz CT molecular complexity index is 295. The number of hydrogen-bond donors (Lipinski definition) is 0. The number of Topliss-reactive ketones (excluding diaryl/α,β-unsaturated/α-hetero) is 1. The van der Waals surface area contributed by atoms with Gasteiger partial charge in [0.1, 0.15) is 0 Å². The quantitative estimate of drug-likeness (QED) is 0.518. The molecule has 14 heavy (non-hydrogen) atoms. The van der Waals surface area contributed by atoms with Crippen LogP contribution in [0.5, 0.6) is 0 Å². The lowest BCUT2D eigenvalue weighted by molar-refractivity contribution is -0.0000106. The minimum atomic E-state index is 0. The monoisotopic (exact) mass is 250 g/mol. The van der Waals surface area contributed by atoms with Crippen LogP contribution in [0.25, 0.3) is 0 Å². The summed E-state index contributed by atoms with van der Waals surface area (Å²) in [6, 6.07) is 7.05. The van der Waals surface area contributed by atoms with Gasteiger partial charge in [0.2, 0.25) is 5.78 Å². The minimum Gasteiger partial charge on any atom is -1.00 e. The van der Waals surface area contributed by atoms with Gasteiger partial charge in [0.05, 0.1) is 12.5 Å². The average Bonchev–Trinajstić information content (AvgIpc) is 2.04. The summed E-state index contributed by atoms with van der Waals surface area (Å²) in [5.74, 6) is 0.826. The summed E-state index contributed by atoms with van der Waals surface area (Å²) >= 11 is 5.71. The van der Waals surface area contributed by atoms with Crippen molar-refractivity contribution in [2.75, 3.05) is 18.3 Å². The SMILES string of the molecule is C[S+](C)CC(=O)c1ccc(Cl)cc1.[Cl-]. The second-order valence-corrected chi connectivity index (χ2v) is 5.76. The molecule has 0 heterocycles. The second-order valence-electron chi connectivity index (χ2n) is 3.06. The van der Waals surface area contributed by atoms with E-state index in [2.05, 4.69) is 12.5 Å². The third kappa shape index (κ3) is 4.36. The molecule has 0 atom stereocenters. The zero-order valence-corrected chi connectivity index (χ0v) is 10.4. The minimum absolute atomic E-state index is 0. The lowest BCUT2D eigenvalue weighted by atomic mass is 10.1. The third-order valence-corrected chi connectivity index (χ3v) is 2.68. The molecule has 0 saturated heterocycles. The van der Waals surface area contributed by atoms with Crippen molar-refractivity contribution in [3.05, 3.63) is 34.9 Å². The van der Waals surface area contributed by atoms with Crippen molar-refractivity contribution in [2.24, 2.45) is 0 Å². The van der Waals surface area contributed by atoms with Gasteiger partial charge in [-0.15, -0.1) is 0 Å². The normalized spacial score (nSPS) is 9.71. The Morgan fingerprint density at radius 3 is 2.21 bits per heavy atom. The van der Waals surface area contributed by atoms with Crippen LogP contribution in [0.15, 0.2) is 24.3 Å². The third-order valence-electron chi connectivity index (χ3n) is 1.59. The molecule has 78 valence electrons. The summed E-state index contributed by atoms with van der Waals surface area (Å²) in [6.07, 6.45) is 4.13. The Kier molecular flexibility index (Phi) is 6.25. The molecule has 0 amide bonds. The highest BCUT2D eigenvalue weighted by Gasteiger charge is 2.13. The van der Waals surface area contributed by atoms with Crippen molar-refractivity contribution in [3.63, 3.8) is 0 Å². The Hall–Kier alpha value is -0.180. The van der Waals surface area contributed by atoms with E-state index in [1.54, 1.807) is 24.3 Å². The Morgan fingerprint density at radius 2 is 1.79 bits per heavy atom. The van der Waals surface area contributed by atoms with E-state index in [4.69, 9.17) is 11.6 Å². The van der Waals surface area contributed by atoms with Gasteiger partial charge in [-0.25, -0.2) is 0 Å². The zero-order valence-electron chi connectivity index (χ0n) is 8.09. The van der Waals surface area contributed by atoms with Gasteiger partial charge < -0.3 is 12.4 Å². The van der Waals surface area contributed by atoms with E-state index in [1.165, 1.54) is 0 Å². The van der Waals surface area contributed by atoms with E-state index in [-0.39, 0.29) is 29.1 Å². The number of ketones is 1. The highest BCUT2D eigenvalue weighted by atomic mass is 35.5. The van der Waals surface area contributed by atoms with Crippen LogP contribution in [0.2, 0.25) is 5.02 Å². The van der Waals surface area contributed by atoms with Gasteiger partial charge in [-0.2, -0.15) is 0 Å². The maximum Gasteiger partial charge on any atom is 0.211 e. The lowest BCUT2D eigenvalue weighted by Crippen LogP contribution is -3.00. The van der Waals surface area contributed by atoms with Crippen molar-refractivity contribution in [3.8, 4) is 0 Å². The molecule has 0 unspecified atom stereocenters. The van der Waals surface area contributed by atoms with Crippen LogP contribution in [0.3, 0.4) is 0 Å². The molecule has 0 aliphatic rings. The van der Waals surface area contributed by atoms with E-state index in [9.17, 15) is 4.79 Å². The standard InChI is InChI=1S/C10H12ClOS.ClH/c1-13(2)7-10(12)8-3-5-9(11)6-4-8;/h3-6H,7H2,1-2H3;1H/q+1;/p-1. The second kappa shape index (κ2) is 6.33. The van der Waals surface area contributed by atoms with E-state index >= 15 is 0 Å². The van der Waals surface area contributed by atoms with Gasteiger partial charge in [-0.3, -0.25) is 4.79 Å². The molecule has 0 N–H and O–H groups in total. The van der Waals surface area contributed by atoms with Gasteiger partial charge >= 0.3 is 0 Å². The highest BCUT2D eigenvalue weighted by molar-refractivity contribution is 7.96. The summed E-state index contributed by atoms with van der Waals surface area (Å²) in [5.41, 5.74) is 0.755. The summed E-state index contributed by atoms with van der Waals surface area (Å²) in [6.45, 7) is 0. The van der Waals surface area contributed by atoms with Gasteiger partial charge in [0, 0.05) is 10.6 Å². The fourth-order valence-corrected chi connectivity index (χ4v) is 1.80. The van der Waals surface area contributed by atoms with Gasteiger partial charge in [0.15, 0.2) is 5.75 Å². The van der Waals surface area contributed by atoms with Crippen LogP contribution < -0.4 is 12.4 Å². The number of carbonyl (C=O) groups excluding carboxylic acids is 1. The molecule has 0 fully saturated rings. The summed E-state index contributed by atoms with van der Waals surface area (Å²) in [5, 5.41) is 0.670. The predicted octanol–water partition coefficient (Wildman–Crippen LogP) is -0.595. The number of benzene rings is 1. The summed E-state index contributed by atoms with van der Waals surface area (Å²) in [7, 11) is 0.166. The number of halogens is 2. The molecule has 0 radical (unpaired) electrons. The van der Waals surface area contributed by atoms with Crippen LogP contribution in [0.4, 0.5) is 0 Å². The summed E-state index contributed by atoms with van der Waals surface area (Å²) < 4.78 is 0. The first kappa shape index (κ1) is 13.8. The first-order chi connectivity index (χ1) is 6.09. The van der Waals surface area contributed by atoms with Gasteiger partial charge in [0.25, 0.3) is 0 Å². The molecule has 1 aromatic rings. The molecule has 0 bridgehead atoms. The van der Waals surface area contributed by atoms with Crippen molar-refractivity contribution in [2.45, 2.75) is 0 Å². The van der Waals surface area contributed by atoms with Crippen LogP contribution in [-0.4, -0.2) is 24.0 Å². The molecule has 4 heteroatoms. The largest absolute Gasteiger partial charge is 1.00 e. The zero-order chi connectivity index (χ0) is 9.84. The smallest absolute Gasteiger partial charge is 0.211 e. The van der Waals surface area contributed by atoms with Crippen LogP contribution >= 0.6 is 11.6 Å². The van der Waals surface area contributed by atoms with Crippen molar-refractivity contribution in [1.29, 1.82) is 0 Å². The first-order valence-electron chi connectivity index (χ1n) is 3.92. The molecular weight excluding hydrogens is 239 g/mol. The molecule has 0 spiro atoms. The van der Waals surface area contributed by atoms with Crippen molar-refractivity contribution >= 4 is 28.3 Å². The van der Waals surface area contributed by atoms with Crippen LogP contribution in [0, 0.1) is 0 Å². The molecule has 0 aliphatic carbocycles.